The average Bonchev–Trinajstić information content (AvgIpc) is 2.15. The molecule has 0 aliphatic carbocycles. The molecule has 0 aliphatic heterocycles. The van der Waals surface area contributed by atoms with Crippen LogP contribution in [0.15, 0.2) is 29.2 Å². The summed E-state index contributed by atoms with van der Waals surface area (Å²) < 4.78 is 22.3. The van der Waals surface area contributed by atoms with Crippen LogP contribution in [0.5, 0.6) is 0 Å². The summed E-state index contributed by atoms with van der Waals surface area (Å²) in [6, 6.07) is 5.34. The van der Waals surface area contributed by atoms with Gasteiger partial charge in [0.25, 0.3) is 0 Å². The lowest BCUT2D eigenvalue weighted by Crippen LogP contribution is -2.18. The van der Waals surface area contributed by atoms with Gasteiger partial charge in [-0.15, -0.1) is 0 Å². The van der Waals surface area contributed by atoms with Crippen molar-refractivity contribution < 1.29 is 13.2 Å². The largest absolute Gasteiger partial charge is 0.318 e. The quantitative estimate of drug-likeness (QED) is 0.823. The summed E-state index contributed by atoms with van der Waals surface area (Å²) in [5, 5.41) is 0. The molecular weight excluding hydrogens is 214 g/mol. The predicted octanol–water partition coefficient (Wildman–Crippen LogP) is 0.679. The highest BCUT2D eigenvalue weighted by Gasteiger charge is 2.12. The lowest BCUT2D eigenvalue weighted by Gasteiger charge is -2.08. The highest BCUT2D eigenvalue weighted by atomic mass is 32.2. The third-order valence-electron chi connectivity index (χ3n) is 2.11. The van der Waals surface area contributed by atoms with Crippen LogP contribution in [0.2, 0.25) is 0 Å². The van der Waals surface area contributed by atoms with Gasteiger partial charge in [0.2, 0.25) is 0 Å². The van der Waals surface area contributed by atoms with Crippen LogP contribution in [0.3, 0.4) is 0 Å². The molecule has 0 heterocycles. The number of benzene rings is 1. The fourth-order valence-corrected chi connectivity index (χ4v) is 1.79. The normalized spacial score (nSPS) is 13.5. The molecule has 0 spiro atoms. The van der Waals surface area contributed by atoms with Gasteiger partial charge in [-0.2, -0.15) is 0 Å². The summed E-state index contributed by atoms with van der Waals surface area (Å²) in [5.74, 6) is -0.151. The Kier molecular flexibility index (Phi) is 3.26. The number of rotatable bonds is 3. The van der Waals surface area contributed by atoms with Gasteiger partial charge in [-0.05, 0) is 24.6 Å². The van der Waals surface area contributed by atoms with Crippen LogP contribution in [-0.4, -0.2) is 20.5 Å². The smallest absolute Gasteiger partial charge is 0.175 e. The zero-order chi connectivity index (χ0) is 11.6. The molecule has 0 aliphatic rings. The number of hydrogen-bond donors (Lipinski definition) is 1. The van der Waals surface area contributed by atoms with Crippen molar-refractivity contribution in [2.45, 2.75) is 17.9 Å². The number of carbonyl (C=O) groups is 1. The van der Waals surface area contributed by atoms with E-state index in [1.807, 2.05) is 0 Å². The van der Waals surface area contributed by atoms with Crippen molar-refractivity contribution in [1.29, 1.82) is 0 Å². The molecule has 5 heteroatoms. The van der Waals surface area contributed by atoms with Crippen LogP contribution < -0.4 is 5.73 Å². The van der Waals surface area contributed by atoms with Crippen LogP contribution >= 0.6 is 0 Å². The maximum Gasteiger partial charge on any atom is 0.175 e. The van der Waals surface area contributed by atoms with Crippen LogP contribution in [0.25, 0.3) is 0 Å². The summed E-state index contributed by atoms with van der Waals surface area (Å²) >= 11 is 0. The van der Waals surface area contributed by atoms with Crippen molar-refractivity contribution in [2.75, 3.05) is 6.26 Å². The van der Waals surface area contributed by atoms with Crippen LogP contribution in [-0.2, 0) is 14.6 Å². The number of Topliss-reactive ketones (excluding diaryl/α,β-unsaturated/α-hetero) is 1. The third kappa shape index (κ3) is 2.87. The zero-order valence-electron chi connectivity index (χ0n) is 8.60. The molecule has 0 fully saturated rings. The number of nitrogens with two attached hydrogens (primary N) is 1. The molecule has 82 valence electrons. The van der Waals surface area contributed by atoms with Crippen molar-refractivity contribution in [1.82, 2.24) is 0 Å². The minimum atomic E-state index is -3.19. The van der Waals surface area contributed by atoms with E-state index in [1.165, 1.54) is 19.1 Å². The van der Waals surface area contributed by atoms with E-state index in [9.17, 15) is 13.2 Å². The molecular formula is C10H13NO3S. The van der Waals surface area contributed by atoms with E-state index in [1.54, 1.807) is 12.1 Å². The zero-order valence-corrected chi connectivity index (χ0v) is 9.41. The molecule has 2 N–H and O–H groups in total. The standard InChI is InChI=1S/C10H13NO3S/c1-7(12)10(11)8-3-5-9(6-4-8)15(2,13)14/h3-6,10H,11H2,1-2H3. The molecule has 0 aromatic heterocycles. The Hall–Kier alpha value is -1.20. The first-order valence-electron chi connectivity index (χ1n) is 4.38. The van der Waals surface area contributed by atoms with Gasteiger partial charge in [-0.1, -0.05) is 12.1 Å². The fourth-order valence-electron chi connectivity index (χ4n) is 1.16. The highest BCUT2D eigenvalue weighted by Crippen LogP contribution is 2.15. The van der Waals surface area contributed by atoms with Gasteiger partial charge in [0, 0.05) is 6.26 Å². The molecule has 0 radical (unpaired) electrons. The third-order valence-corrected chi connectivity index (χ3v) is 3.23. The number of carbonyl (C=O) groups excluding carboxylic acids is 1. The van der Waals surface area contributed by atoms with E-state index in [-0.39, 0.29) is 10.7 Å². The minimum absolute atomic E-state index is 0.151. The number of sulfone groups is 1. The van der Waals surface area contributed by atoms with Crippen molar-refractivity contribution in [3.63, 3.8) is 0 Å². The Bertz CT molecular complexity index is 462. The molecule has 0 amide bonds. The molecule has 1 aromatic carbocycles. The van der Waals surface area contributed by atoms with E-state index in [4.69, 9.17) is 5.73 Å². The Labute approximate surface area is 89.0 Å². The van der Waals surface area contributed by atoms with Crippen molar-refractivity contribution in [3.8, 4) is 0 Å². The molecule has 4 nitrogen and oxygen atoms in total. The van der Waals surface area contributed by atoms with Gasteiger partial charge >= 0.3 is 0 Å². The van der Waals surface area contributed by atoms with Gasteiger partial charge in [0.05, 0.1) is 10.9 Å². The first-order chi connectivity index (χ1) is 6.82. The van der Waals surface area contributed by atoms with E-state index in [2.05, 4.69) is 0 Å². The van der Waals surface area contributed by atoms with Crippen molar-refractivity contribution in [2.24, 2.45) is 5.73 Å². The topological polar surface area (TPSA) is 77.2 Å². The summed E-state index contributed by atoms with van der Waals surface area (Å²) in [6.07, 6.45) is 1.13. The van der Waals surface area contributed by atoms with Crippen molar-refractivity contribution in [3.05, 3.63) is 29.8 Å². The summed E-state index contributed by atoms with van der Waals surface area (Å²) in [4.78, 5) is 11.2. The monoisotopic (exact) mass is 227 g/mol. The predicted molar refractivity (Wildman–Crippen MR) is 57.2 cm³/mol. The van der Waals surface area contributed by atoms with Crippen molar-refractivity contribution >= 4 is 15.6 Å². The van der Waals surface area contributed by atoms with E-state index in [0.717, 1.165) is 6.26 Å². The molecule has 1 unspecified atom stereocenters. The number of ketones is 1. The minimum Gasteiger partial charge on any atom is -0.318 e. The summed E-state index contributed by atoms with van der Waals surface area (Å²) in [6.45, 7) is 1.40. The molecule has 0 saturated heterocycles. The first-order valence-corrected chi connectivity index (χ1v) is 6.27. The summed E-state index contributed by atoms with van der Waals surface area (Å²) in [5.41, 5.74) is 6.22. The molecule has 1 rings (SSSR count). The van der Waals surface area contributed by atoms with E-state index >= 15 is 0 Å². The number of hydrogen-bond acceptors (Lipinski definition) is 4. The fraction of sp³-hybridized carbons (Fsp3) is 0.300. The second-order valence-electron chi connectivity index (χ2n) is 3.43. The second kappa shape index (κ2) is 4.12. The van der Waals surface area contributed by atoms with Gasteiger partial charge in [-0.3, -0.25) is 4.79 Å². The van der Waals surface area contributed by atoms with E-state index < -0.39 is 15.9 Å². The highest BCUT2D eigenvalue weighted by molar-refractivity contribution is 7.90. The van der Waals surface area contributed by atoms with Crippen LogP contribution in [0.1, 0.15) is 18.5 Å². The van der Waals surface area contributed by atoms with Gasteiger partial charge in [0.15, 0.2) is 15.6 Å². The Morgan fingerprint density at radius 3 is 2.07 bits per heavy atom. The van der Waals surface area contributed by atoms with Crippen LogP contribution in [0.4, 0.5) is 0 Å². The average molecular weight is 227 g/mol. The second-order valence-corrected chi connectivity index (χ2v) is 5.45. The lowest BCUT2D eigenvalue weighted by atomic mass is 10.1. The summed E-state index contributed by atoms with van der Waals surface area (Å²) in [7, 11) is -3.19. The van der Waals surface area contributed by atoms with E-state index in [0.29, 0.717) is 5.56 Å². The van der Waals surface area contributed by atoms with Crippen LogP contribution in [0, 0.1) is 0 Å². The maximum absolute atomic E-state index is 11.1. The van der Waals surface area contributed by atoms with Gasteiger partial charge in [0.1, 0.15) is 0 Å². The molecule has 15 heavy (non-hydrogen) atoms. The Morgan fingerprint density at radius 2 is 1.73 bits per heavy atom. The maximum atomic E-state index is 11.1. The Balaban J connectivity index is 3.06. The SMILES string of the molecule is CC(=O)C(N)c1ccc(S(C)(=O)=O)cc1. The van der Waals surface area contributed by atoms with Gasteiger partial charge < -0.3 is 5.73 Å². The Morgan fingerprint density at radius 1 is 1.27 bits per heavy atom. The molecule has 0 bridgehead atoms. The lowest BCUT2D eigenvalue weighted by molar-refractivity contribution is -0.118. The molecule has 1 atom stereocenters. The van der Waals surface area contributed by atoms with Gasteiger partial charge in [-0.25, -0.2) is 8.42 Å². The molecule has 1 aromatic rings. The molecule has 0 saturated carbocycles. The first kappa shape index (κ1) is 11.9.